The molecule has 302 valence electrons. The Morgan fingerprint density at radius 3 is 1.14 bits per heavy atom. The Kier molecular flexibility index (Phi) is 8.14. The minimum Gasteiger partial charge on any atom is -0.309 e. The Bertz CT molecular complexity index is 3740. The smallest absolute Gasteiger partial charge is 0.188 e. The van der Waals surface area contributed by atoms with Crippen LogP contribution in [0.1, 0.15) is 0 Å². The minimum absolute atomic E-state index is 0.483. The summed E-state index contributed by atoms with van der Waals surface area (Å²) in [5.74, 6) is 1.60. The Morgan fingerprint density at radius 2 is 0.708 bits per heavy atom. The van der Waals surface area contributed by atoms with Crippen LogP contribution in [0.2, 0.25) is 0 Å². The largest absolute Gasteiger partial charge is 0.309 e. The molecule has 0 aliphatic carbocycles. The molecule has 7 nitrogen and oxygen atoms in total. The molecule has 0 unspecified atom stereocenters. The Morgan fingerprint density at radius 1 is 0.323 bits per heavy atom. The lowest BCUT2D eigenvalue weighted by atomic mass is 10.1. The molecule has 0 radical (unpaired) electrons. The van der Waals surface area contributed by atoms with Crippen molar-refractivity contribution in [3.05, 3.63) is 224 Å². The third-order valence-electron chi connectivity index (χ3n) is 12.7. The van der Waals surface area contributed by atoms with Crippen LogP contribution in [0.3, 0.4) is 0 Å². The molecule has 7 heteroatoms. The van der Waals surface area contributed by atoms with E-state index in [0.29, 0.717) is 23.2 Å². The lowest BCUT2D eigenvalue weighted by Gasteiger charge is -2.16. The van der Waals surface area contributed by atoms with Crippen LogP contribution in [0.15, 0.2) is 212 Å². The van der Waals surface area contributed by atoms with E-state index in [2.05, 4.69) is 152 Å². The molecule has 0 aliphatic rings. The van der Waals surface area contributed by atoms with Crippen molar-refractivity contribution >= 4 is 71.1 Å². The zero-order valence-electron chi connectivity index (χ0n) is 34.8. The van der Waals surface area contributed by atoms with Gasteiger partial charge >= 0.3 is 0 Å². The first-order valence-electron chi connectivity index (χ1n) is 21.6. The summed E-state index contributed by atoms with van der Waals surface area (Å²) in [6.07, 6.45) is 0. The van der Waals surface area contributed by atoms with Crippen LogP contribution in [-0.2, 0) is 0 Å². The highest BCUT2D eigenvalue weighted by atomic mass is 15.1. The van der Waals surface area contributed by atoms with Gasteiger partial charge in [-0.2, -0.15) is 0 Å². The maximum Gasteiger partial charge on any atom is 0.188 e. The van der Waals surface area contributed by atoms with Gasteiger partial charge in [0.05, 0.1) is 45.4 Å². The lowest BCUT2D eigenvalue weighted by molar-refractivity contribution is 1.06. The van der Waals surface area contributed by atoms with Gasteiger partial charge in [-0.3, -0.25) is 0 Å². The van der Waals surface area contributed by atoms with Crippen molar-refractivity contribution in [2.45, 2.75) is 0 Å². The van der Waals surface area contributed by atoms with Crippen LogP contribution in [-0.4, -0.2) is 28.7 Å². The predicted molar refractivity (Wildman–Crippen MR) is 265 cm³/mol. The van der Waals surface area contributed by atoms with E-state index in [1.54, 1.807) is 0 Å². The van der Waals surface area contributed by atoms with Crippen molar-refractivity contribution in [1.29, 1.82) is 0 Å². The zero-order chi connectivity index (χ0) is 43.0. The van der Waals surface area contributed by atoms with E-state index in [1.807, 2.05) is 78.9 Å². The third kappa shape index (κ3) is 5.71. The SMILES string of the molecule is [C-]#[N+]c1ccc(-n2c3ccc(-n4c5ccccc5c5ccccc54)cc3c3cc(-n4c5ccccc5c5ccccc54)ccc32)c(-c2nc(-c3ccccc3)nc(-c3ccccc3)n2)c1. The summed E-state index contributed by atoms with van der Waals surface area (Å²) in [7, 11) is 0. The first-order chi connectivity index (χ1) is 32.2. The monoisotopic (exact) mass is 829 g/mol. The Balaban J connectivity index is 1.11. The summed E-state index contributed by atoms with van der Waals surface area (Å²) in [6.45, 7) is 8.14. The average molecular weight is 830 g/mol. The van der Waals surface area contributed by atoms with Gasteiger partial charge in [-0.1, -0.05) is 140 Å². The molecule has 9 aromatic carbocycles. The predicted octanol–water partition coefficient (Wildman–Crippen LogP) is 14.7. The van der Waals surface area contributed by atoms with Gasteiger partial charge < -0.3 is 13.7 Å². The number of aromatic nitrogens is 6. The van der Waals surface area contributed by atoms with Gasteiger partial charge in [0.1, 0.15) is 0 Å². The van der Waals surface area contributed by atoms with Crippen molar-refractivity contribution in [3.63, 3.8) is 0 Å². The quantitative estimate of drug-likeness (QED) is 0.157. The van der Waals surface area contributed by atoms with Gasteiger partial charge in [0.2, 0.25) is 0 Å². The molecule has 65 heavy (non-hydrogen) atoms. The lowest BCUT2D eigenvalue weighted by Crippen LogP contribution is -2.03. The second-order valence-corrected chi connectivity index (χ2v) is 16.3. The van der Waals surface area contributed by atoms with E-state index < -0.39 is 0 Å². The molecule has 0 saturated heterocycles. The second-order valence-electron chi connectivity index (χ2n) is 16.3. The number of rotatable bonds is 6. The van der Waals surface area contributed by atoms with Crippen molar-refractivity contribution in [2.75, 3.05) is 0 Å². The molecule has 0 amide bonds. The van der Waals surface area contributed by atoms with Gasteiger partial charge in [0, 0.05) is 60.4 Å². The van der Waals surface area contributed by atoms with E-state index in [9.17, 15) is 0 Å². The van der Waals surface area contributed by atoms with E-state index in [0.717, 1.165) is 77.6 Å². The van der Waals surface area contributed by atoms with Crippen LogP contribution >= 0.6 is 0 Å². The number of fused-ring (bicyclic) bond motifs is 9. The highest BCUT2D eigenvalue weighted by molar-refractivity contribution is 6.14. The molecular formula is C58H35N7. The summed E-state index contributed by atoms with van der Waals surface area (Å²) in [5, 5.41) is 7.04. The summed E-state index contributed by atoms with van der Waals surface area (Å²) in [5.41, 5.74) is 12.6. The molecule has 13 aromatic rings. The van der Waals surface area contributed by atoms with Crippen molar-refractivity contribution < 1.29 is 0 Å². The summed E-state index contributed by atoms with van der Waals surface area (Å²) >= 11 is 0. The number of para-hydroxylation sites is 4. The first kappa shape index (κ1) is 36.5. The molecule has 0 fully saturated rings. The fourth-order valence-corrected chi connectivity index (χ4v) is 9.84. The highest BCUT2D eigenvalue weighted by Gasteiger charge is 2.22. The van der Waals surface area contributed by atoms with Gasteiger partial charge in [-0.25, -0.2) is 19.8 Å². The molecule has 0 N–H and O–H groups in total. The fraction of sp³-hybridized carbons (Fsp3) is 0. The number of nitrogens with zero attached hydrogens (tertiary/aromatic N) is 7. The molecule has 0 spiro atoms. The Labute approximate surface area is 373 Å². The topological polar surface area (TPSA) is 57.8 Å². The number of hydrogen-bond donors (Lipinski definition) is 0. The zero-order valence-corrected chi connectivity index (χ0v) is 34.8. The van der Waals surface area contributed by atoms with Gasteiger partial charge in [0.15, 0.2) is 23.2 Å². The normalized spacial score (nSPS) is 11.7. The van der Waals surface area contributed by atoms with Crippen LogP contribution in [0.5, 0.6) is 0 Å². The van der Waals surface area contributed by atoms with Crippen LogP contribution in [0.4, 0.5) is 5.69 Å². The minimum atomic E-state index is 0.483. The second kappa shape index (κ2) is 14.5. The van der Waals surface area contributed by atoms with Crippen LogP contribution in [0, 0.1) is 6.57 Å². The fourth-order valence-electron chi connectivity index (χ4n) is 9.84. The van der Waals surface area contributed by atoms with Crippen molar-refractivity contribution in [1.82, 2.24) is 28.7 Å². The van der Waals surface area contributed by atoms with E-state index >= 15 is 0 Å². The van der Waals surface area contributed by atoms with Gasteiger partial charge in [-0.05, 0) is 72.8 Å². The van der Waals surface area contributed by atoms with Gasteiger partial charge in [0.25, 0.3) is 0 Å². The maximum absolute atomic E-state index is 8.14. The molecule has 0 saturated carbocycles. The Hall–Kier alpha value is -9.12. The molecule has 13 rings (SSSR count). The standard InChI is InChI=1S/C58H35N7/c1-59-39-28-31-55(48(34-39)58-61-56(37-16-4-2-5-17-37)60-57(62-58)38-18-6-3-7-19-38)65-53-32-29-40(63-49-24-12-8-20-42(49)43-21-9-13-25-50(43)63)35-46(53)47-36-41(30-33-54(47)65)64-51-26-14-10-22-44(51)45-23-11-15-27-52(45)64/h2-36H. The molecular weight excluding hydrogens is 795 g/mol. The van der Waals surface area contributed by atoms with E-state index in [1.165, 1.54) is 21.5 Å². The number of hydrogen-bond acceptors (Lipinski definition) is 3. The molecule has 4 aromatic heterocycles. The summed E-state index contributed by atoms with van der Waals surface area (Å²) in [4.78, 5) is 19.2. The maximum atomic E-state index is 8.14. The highest BCUT2D eigenvalue weighted by Crippen LogP contribution is 2.42. The van der Waals surface area contributed by atoms with Crippen LogP contribution < -0.4 is 0 Å². The summed E-state index contributed by atoms with van der Waals surface area (Å²) in [6, 6.07) is 74.0. The molecule has 4 heterocycles. The van der Waals surface area contributed by atoms with Gasteiger partial charge in [-0.15, -0.1) is 0 Å². The first-order valence-corrected chi connectivity index (χ1v) is 21.6. The third-order valence-corrected chi connectivity index (χ3v) is 12.7. The average Bonchev–Trinajstić information content (AvgIpc) is 4.02. The van der Waals surface area contributed by atoms with Crippen molar-refractivity contribution in [2.24, 2.45) is 0 Å². The van der Waals surface area contributed by atoms with E-state index in [4.69, 9.17) is 21.5 Å². The number of benzene rings is 9. The molecule has 0 atom stereocenters. The molecule has 0 bridgehead atoms. The van der Waals surface area contributed by atoms with Crippen LogP contribution in [0.25, 0.3) is 121 Å². The summed E-state index contributed by atoms with van der Waals surface area (Å²) < 4.78 is 7.06. The van der Waals surface area contributed by atoms with Crippen molar-refractivity contribution in [3.8, 4) is 51.2 Å². The molecule has 0 aliphatic heterocycles. The van der Waals surface area contributed by atoms with E-state index in [-0.39, 0.29) is 0 Å².